The number of anilines is 2. The second-order valence-electron chi connectivity index (χ2n) is 8.86. The molecule has 1 heterocycles. The molecular formula is C26H27ClN4O. The highest BCUT2D eigenvalue weighted by Crippen LogP contribution is 2.39. The number of carbonyl (C=O) groups excluding carboxylic acids is 1. The lowest BCUT2D eigenvalue weighted by Crippen LogP contribution is -2.21. The third-order valence-corrected chi connectivity index (χ3v) is 6.79. The van der Waals surface area contributed by atoms with Crippen LogP contribution in [0.3, 0.4) is 0 Å². The van der Waals surface area contributed by atoms with Gasteiger partial charge in [0.25, 0.3) is 0 Å². The van der Waals surface area contributed by atoms with E-state index >= 15 is 0 Å². The molecule has 1 fully saturated rings. The molecule has 1 saturated carbocycles. The van der Waals surface area contributed by atoms with Crippen LogP contribution in [0.25, 0.3) is 11.3 Å². The molecule has 164 valence electrons. The molecule has 32 heavy (non-hydrogen) atoms. The summed E-state index contributed by atoms with van der Waals surface area (Å²) in [4.78, 5) is 23.0. The summed E-state index contributed by atoms with van der Waals surface area (Å²) in [6, 6.07) is 13.4. The van der Waals surface area contributed by atoms with Crippen molar-refractivity contribution in [3.05, 3.63) is 70.0 Å². The third kappa shape index (κ3) is 4.35. The molecule has 0 aliphatic heterocycles. The number of carbonyl (C=O) groups is 1. The smallest absolute Gasteiger partial charge is 0.229 e. The largest absolute Gasteiger partial charge is 0.399 e. The quantitative estimate of drug-likeness (QED) is 0.503. The zero-order valence-electron chi connectivity index (χ0n) is 18.0. The van der Waals surface area contributed by atoms with Crippen molar-refractivity contribution in [2.24, 2.45) is 0 Å². The van der Waals surface area contributed by atoms with Gasteiger partial charge in [-0.05, 0) is 61.1 Å². The first kappa shape index (κ1) is 21.0. The lowest BCUT2D eigenvalue weighted by atomic mass is 9.85. The maximum absolute atomic E-state index is 12.9. The molecule has 0 radical (unpaired) electrons. The predicted molar refractivity (Wildman–Crippen MR) is 129 cm³/mol. The normalized spacial score (nSPS) is 15.7. The molecule has 0 bridgehead atoms. The number of fused-ring (bicyclic) bond motifs is 3. The van der Waals surface area contributed by atoms with Crippen LogP contribution in [0.5, 0.6) is 0 Å². The summed E-state index contributed by atoms with van der Waals surface area (Å²) in [5, 5.41) is 3.75. The Labute approximate surface area is 193 Å². The Morgan fingerprint density at radius 1 is 1.03 bits per heavy atom. The molecule has 2 aromatic carbocycles. The van der Waals surface area contributed by atoms with Crippen LogP contribution in [0.1, 0.15) is 60.5 Å². The number of nitrogens with one attached hydrogen (secondary N) is 1. The molecule has 3 aromatic rings. The predicted octanol–water partition coefficient (Wildman–Crippen LogP) is 5.71. The highest BCUT2D eigenvalue weighted by Gasteiger charge is 2.27. The van der Waals surface area contributed by atoms with E-state index < -0.39 is 0 Å². The van der Waals surface area contributed by atoms with Gasteiger partial charge in [0, 0.05) is 22.2 Å². The summed E-state index contributed by atoms with van der Waals surface area (Å²) in [5.41, 5.74) is 12.9. The Kier molecular flexibility index (Phi) is 5.83. The SMILES string of the molecule is Nc1ccc2c(c1)CCc1nc(NC(=O)Cc3ccc(Cl)cc3)c(C3CCCCC3)nc1-2. The van der Waals surface area contributed by atoms with Gasteiger partial charge in [-0.15, -0.1) is 0 Å². The molecular weight excluding hydrogens is 420 g/mol. The van der Waals surface area contributed by atoms with Crippen LogP contribution < -0.4 is 11.1 Å². The van der Waals surface area contributed by atoms with Gasteiger partial charge in [0.2, 0.25) is 5.91 Å². The van der Waals surface area contributed by atoms with E-state index in [0.29, 0.717) is 16.8 Å². The number of hydrogen-bond donors (Lipinski definition) is 2. The third-order valence-electron chi connectivity index (χ3n) is 6.54. The van der Waals surface area contributed by atoms with Gasteiger partial charge in [-0.2, -0.15) is 0 Å². The topological polar surface area (TPSA) is 80.9 Å². The van der Waals surface area contributed by atoms with E-state index in [2.05, 4.69) is 11.4 Å². The van der Waals surface area contributed by atoms with Crippen molar-refractivity contribution in [2.75, 3.05) is 11.1 Å². The van der Waals surface area contributed by atoms with E-state index in [9.17, 15) is 4.79 Å². The standard InChI is InChI=1S/C26H27ClN4O/c27-19-9-6-16(7-10-19)14-23(32)30-26-24(17-4-2-1-3-5-17)31-25-21-12-11-20(28)15-18(21)8-13-22(25)29-26/h6-7,9-12,15,17H,1-5,8,13-14,28H2,(H,29,30,32). The number of nitrogen functional groups attached to an aromatic ring is 1. The lowest BCUT2D eigenvalue weighted by Gasteiger charge is -2.26. The molecule has 1 amide bonds. The van der Waals surface area contributed by atoms with E-state index in [0.717, 1.165) is 59.6 Å². The Balaban J connectivity index is 1.49. The minimum Gasteiger partial charge on any atom is -0.399 e. The fraction of sp³-hybridized carbons (Fsp3) is 0.346. The van der Waals surface area contributed by atoms with Crippen molar-refractivity contribution in [1.82, 2.24) is 9.97 Å². The van der Waals surface area contributed by atoms with Gasteiger partial charge in [0.05, 0.1) is 23.5 Å². The molecule has 0 spiro atoms. The molecule has 0 atom stereocenters. The van der Waals surface area contributed by atoms with Crippen LogP contribution in [0, 0.1) is 0 Å². The Bertz CT molecular complexity index is 1150. The van der Waals surface area contributed by atoms with Gasteiger partial charge < -0.3 is 11.1 Å². The first-order chi connectivity index (χ1) is 15.6. The van der Waals surface area contributed by atoms with Gasteiger partial charge in [-0.25, -0.2) is 9.97 Å². The molecule has 2 aliphatic rings. The van der Waals surface area contributed by atoms with Crippen LogP contribution in [-0.2, 0) is 24.1 Å². The second kappa shape index (κ2) is 8.91. The number of benzene rings is 2. The number of rotatable bonds is 4. The Morgan fingerprint density at radius 3 is 2.59 bits per heavy atom. The number of halogens is 1. The first-order valence-corrected chi connectivity index (χ1v) is 11.8. The number of amides is 1. The van der Waals surface area contributed by atoms with Crippen LogP contribution in [-0.4, -0.2) is 15.9 Å². The van der Waals surface area contributed by atoms with E-state index in [1.165, 1.54) is 24.8 Å². The second-order valence-corrected chi connectivity index (χ2v) is 9.29. The fourth-order valence-corrected chi connectivity index (χ4v) is 5.02. The number of nitrogens with zero attached hydrogens (tertiary/aromatic N) is 2. The highest BCUT2D eigenvalue weighted by molar-refractivity contribution is 6.30. The van der Waals surface area contributed by atoms with Crippen molar-refractivity contribution < 1.29 is 4.79 Å². The van der Waals surface area contributed by atoms with Crippen molar-refractivity contribution in [1.29, 1.82) is 0 Å². The molecule has 0 unspecified atom stereocenters. The van der Waals surface area contributed by atoms with Crippen molar-refractivity contribution >= 4 is 29.0 Å². The van der Waals surface area contributed by atoms with Gasteiger partial charge in [-0.3, -0.25) is 4.79 Å². The number of aryl methyl sites for hydroxylation is 2. The zero-order valence-corrected chi connectivity index (χ0v) is 18.8. The summed E-state index contributed by atoms with van der Waals surface area (Å²) in [7, 11) is 0. The van der Waals surface area contributed by atoms with Crippen LogP contribution in [0.4, 0.5) is 11.5 Å². The molecule has 1 aromatic heterocycles. The summed E-state index contributed by atoms with van der Waals surface area (Å²) in [5.74, 6) is 0.877. The molecule has 5 rings (SSSR count). The molecule has 5 nitrogen and oxygen atoms in total. The summed E-state index contributed by atoms with van der Waals surface area (Å²) >= 11 is 5.97. The number of nitrogens with two attached hydrogens (primary N) is 1. The highest BCUT2D eigenvalue weighted by atomic mass is 35.5. The Morgan fingerprint density at radius 2 is 1.81 bits per heavy atom. The van der Waals surface area contributed by atoms with Crippen LogP contribution >= 0.6 is 11.6 Å². The fourth-order valence-electron chi connectivity index (χ4n) is 4.89. The van der Waals surface area contributed by atoms with Crippen LogP contribution in [0.15, 0.2) is 42.5 Å². The molecule has 6 heteroatoms. The number of hydrogen-bond acceptors (Lipinski definition) is 4. The first-order valence-electron chi connectivity index (χ1n) is 11.4. The zero-order chi connectivity index (χ0) is 22.1. The monoisotopic (exact) mass is 446 g/mol. The maximum Gasteiger partial charge on any atom is 0.229 e. The van der Waals surface area contributed by atoms with Crippen molar-refractivity contribution in [3.63, 3.8) is 0 Å². The minimum atomic E-state index is -0.0809. The average molecular weight is 447 g/mol. The molecule has 0 saturated heterocycles. The number of aromatic nitrogens is 2. The van der Waals surface area contributed by atoms with E-state index in [1.807, 2.05) is 24.3 Å². The summed E-state index contributed by atoms with van der Waals surface area (Å²) in [6.45, 7) is 0. The molecule has 2 aliphatic carbocycles. The molecule has 3 N–H and O–H groups in total. The lowest BCUT2D eigenvalue weighted by molar-refractivity contribution is -0.115. The van der Waals surface area contributed by atoms with E-state index in [1.54, 1.807) is 12.1 Å². The summed E-state index contributed by atoms with van der Waals surface area (Å²) < 4.78 is 0. The van der Waals surface area contributed by atoms with E-state index in [-0.39, 0.29) is 12.3 Å². The summed E-state index contributed by atoms with van der Waals surface area (Å²) in [6.07, 6.45) is 7.76. The van der Waals surface area contributed by atoms with Gasteiger partial charge in [0.1, 0.15) is 0 Å². The van der Waals surface area contributed by atoms with Crippen molar-refractivity contribution in [3.8, 4) is 11.3 Å². The maximum atomic E-state index is 12.9. The van der Waals surface area contributed by atoms with E-state index in [4.69, 9.17) is 27.3 Å². The van der Waals surface area contributed by atoms with Crippen molar-refractivity contribution in [2.45, 2.75) is 57.3 Å². The van der Waals surface area contributed by atoms with Gasteiger partial charge >= 0.3 is 0 Å². The average Bonchev–Trinajstić information content (AvgIpc) is 2.80. The van der Waals surface area contributed by atoms with Gasteiger partial charge in [0.15, 0.2) is 5.82 Å². The Hall–Kier alpha value is -2.92. The minimum absolute atomic E-state index is 0.0809. The van der Waals surface area contributed by atoms with Crippen LogP contribution in [0.2, 0.25) is 5.02 Å². The van der Waals surface area contributed by atoms with Gasteiger partial charge in [-0.1, -0.05) is 49.1 Å².